The summed E-state index contributed by atoms with van der Waals surface area (Å²) < 4.78 is 14.8. The molecule has 0 aliphatic carbocycles. The largest absolute Gasteiger partial charge is 0.319 e. The third-order valence-electron chi connectivity index (χ3n) is 4.53. The zero-order valence-corrected chi connectivity index (χ0v) is 15.7. The number of benzene rings is 2. The molecule has 1 N–H and O–H groups in total. The van der Waals surface area contributed by atoms with E-state index in [0.29, 0.717) is 23.5 Å². The molecule has 0 radical (unpaired) electrons. The Morgan fingerprint density at radius 3 is 2.50 bits per heavy atom. The second kappa shape index (κ2) is 7.59. The molecule has 2 aromatic carbocycles. The van der Waals surface area contributed by atoms with Crippen LogP contribution in [0.5, 0.6) is 0 Å². The average Bonchev–Trinajstić information content (AvgIpc) is 2.91. The molecule has 144 valence electrons. The topological polar surface area (TPSA) is 90.1 Å². The second-order valence-electron chi connectivity index (χ2n) is 6.54. The summed E-state index contributed by atoms with van der Waals surface area (Å²) >= 11 is 0. The van der Waals surface area contributed by atoms with E-state index in [1.165, 1.54) is 18.2 Å². The van der Waals surface area contributed by atoms with Crippen LogP contribution in [0.4, 0.5) is 15.8 Å². The number of hydrogen-bond donors (Lipinski definition) is 1. The Morgan fingerprint density at radius 1 is 1.18 bits per heavy atom. The first-order valence-corrected chi connectivity index (χ1v) is 8.61. The number of aryl methyl sites for hydroxylation is 2. The van der Waals surface area contributed by atoms with E-state index in [2.05, 4.69) is 10.4 Å². The first-order valence-electron chi connectivity index (χ1n) is 8.61. The number of aromatic nitrogens is 2. The highest BCUT2D eigenvalue weighted by molar-refractivity contribution is 6.05. The molecular formula is C20H19FN4O3. The first-order chi connectivity index (χ1) is 13.3. The third-order valence-corrected chi connectivity index (χ3v) is 4.53. The molecule has 3 rings (SSSR count). The Kier molecular flexibility index (Phi) is 5.21. The minimum atomic E-state index is -0.511. The van der Waals surface area contributed by atoms with Crippen molar-refractivity contribution in [3.63, 3.8) is 0 Å². The maximum absolute atomic E-state index is 13.1. The van der Waals surface area contributed by atoms with Crippen LogP contribution in [0.15, 0.2) is 42.5 Å². The summed E-state index contributed by atoms with van der Waals surface area (Å²) in [6, 6.07) is 10.5. The van der Waals surface area contributed by atoms with Crippen molar-refractivity contribution in [2.75, 3.05) is 5.32 Å². The van der Waals surface area contributed by atoms with Crippen LogP contribution in [0.25, 0.3) is 0 Å². The highest BCUT2D eigenvalue weighted by Crippen LogP contribution is 2.23. The zero-order valence-electron chi connectivity index (χ0n) is 15.7. The fraction of sp³-hybridized carbons (Fsp3) is 0.200. The molecular weight excluding hydrogens is 363 g/mol. The number of nitro groups is 1. The van der Waals surface area contributed by atoms with Gasteiger partial charge in [-0.25, -0.2) is 4.39 Å². The molecule has 0 bridgehead atoms. The average molecular weight is 382 g/mol. The number of nitrogens with zero attached hydrogens (tertiary/aromatic N) is 3. The van der Waals surface area contributed by atoms with Gasteiger partial charge in [0.05, 0.1) is 28.5 Å². The van der Waals surface area contributed by atoms with Gasteiger partial charge >= 0.3 is 0 Å². The molecule has 0 aliphatic rings. The molecule has 0 atom stereocenters. The predicted octanol–water partition coefficient (Wildman–Crippen LogP) is 4.16. The maximum Gasteiger partial charge on any atom is 0.273 e. The summed E-state index contributed by atoms with van der Waals surface area (Å²) in [5, 5.41) is 18.3. The number of anilines is 1. The number of carbonyl (C=O) groups excluding carboxylic acids is 1. The lowest BCUT2D eigenvalue weighted by Crippen LogP contribution is -2.14. The lowest BCUT2D eigenvalue weighted by molar-refractivity contribution is -0.385. The Morgan fingerprint density at radius 2 is 1.86 bits per heavy atom. The summed E-state index contributed by atoms with van der Waals surface area (Å²) in [6.45, 7) is 5.63. The normalized spacial score (nSPS) is 10.7. The molecule has 8 heteroatoms. The van der Waals surface area contributed by atoms with Crippen LogP contribution in [0, 0.1) is 36.7 Å². The molecule has 7 nitrogen and oxygen atoms in total. The molecule has 0 aliphatic heterocycles. The Balaban J connectivity index is 1.84. The van der Waals surface area contributed by atoms with Crippen LogP contribution in [0.3, 0.4) is 0 Å². The monoisotopic (exact) mass is 382 g/mol. The standard InChI is InChI=1S/C20H19FN4O3/c1-12-4-7-16(10-18(12)25(27)28)20(26)22-19-13(2)23-24(14(19)3)11-15-5-8-17(21)9-6-15/h4-10H,11H2,1-3H3,(H,22,26). The smallest absolute Gasteiger partial charge is 0.273 e. The van der Waals surface area contributed by atoms with Crippen molar-refractivity contribution in [3.05, 3.63) is 86.5 Å². The Bertz CT molecular complexity index is 1060. The van der Waals surface area contributed by atoms with Gasteiger partial charge in [-0.2, -0.15) is 5.10 Å². The summed E-state index contributed by atoms with van der Waals surface area (Å²) in [7, 11) is 0. The van der Waals surface area contributed by atoms with Gasteiger partial charge in [0.2, 0.25) is 0 Å². The molecule has 0 spiro atoms. The van der Waals surface area contributed by atoms with Crippen LogP contribution < -0.4 is 5.32 Å². The van der Waals surface area contributed by atoms with E-state index >= 15 is 0 Å². The van der Waals surface area contributed by atoms with Gasteiger partial charge in [-0.1, -0.05) is 18.2 Å². The SMILES string of the molecule is Cc1ccc(C(=O)Nc2c(C)nn(Cc3ccc(F)cc3)c2C)cc1[N+](=O)[O-]. The maximum atomic E-state index is 13.1. The number of halogens is 1. The second-order valence-corrected chi connectivity index (χ2v) is 6.54. The molecule has 1 amide bonds. The lowest BCUT2D eigenvalue weighted by atomic mass is 10.1. The predicted molar refractivity (Wildman–Crippen MR) is 103 cm³/mol. The van der Waals surface area contributed by atoms with Crippen molar-refractivity contribution in [3.8, 4) is 0 Å². The van der Waals surface area contributed by atoms with Crippen molar-refractivity contribution >= 4 is 17.3 Å². The van der Waals surface area contributed by atoms with Gasteiger partial charge in [-0.15, -0.1) is 0 Å². The van der Waals surface area contributed by atoms with E-state index in [9.17, 15) is 19.3 Å². The van der Waals surface area contributed by atoms with Gasteiger partial charge in [-0.3, -0.25) is 19.6 Å². The highest BCUT2D eigenvalue weighted by atomic mass is 19.1. The van der Waals surface area contributed by atoms with E-state index in [1.807, 2.05) is 6.92 Å². The van der Waals surface area contributed by atoms with Crippen molar-refractivity contribution in [2.24, 2.45) is 0 Å². The lowest BCUT2D eigenvalue weighted by Gasteiger charge is -2.08. The summed E-state index contributed by atoms with van der Waals surface area (Å²) in [5.41, 5.74) is 3.36. The Hall–Kier alpha value is -3.55. The number of hydrogen-bond acceptors (Lipinski definition) is 4. The molecule has 0 unspecified atom stereocenters. The van der Waals surface area contributed by atoms with Gasteiger partial charge in [0.1, 0.15) is 5.82 Å². The summed E-state index contributed by atoms with van der Waals surface area (Å²) in [4.78, 5) is 23.2. The third kappa shape index (κ3) is 3.90. The number of amides is 1. The zero-order chi connectivity index (χ0) is 20.4. The van der Waals surface area contributed by atoms with Crippen molar-refractivity contribution in [1.29, 1.82) is 0 Å². The Labute approximate surface area is 161 Å². The number of rotatable bonds is 5. The van der Waals surface area contributed by atoms with Crippen molar-refractivity contribution in [2.45, 2.75) is 27.3 Å². The van der Waals surface area contributed by atoms with Gasteiger partial charge in [0, 0.05) is 17.2 Å². The van der Waals surface area contributed by atoms with Gasteiger partial charge in [-0.05, 0) is 44.5 Å². The van der Waals surface area contributed by atoms with E-state index in [4.69, 9.17) is 0 Å². The minimum absolute atomic E-state index is 0.104. The molecule has 0 saturated carbocycles. The molecule has 1 aromatic heterocycles. The molecule has 1 heterocycles. The van der Waals surface area contributed by atoms with Crippen LogP contribution in [0.2, 0.25) is 0 Å². The van der Waals surface area contributed by atoms with Crippen LogP contribution in [-0.4, -0.2) is 20.6 Å². The molecule has 0 fully saturated rings. The number of carbonyl (C=O) groups is 1. The first kappa shape index (κ1) is 19.2. The molecule has 3 aromatic rings. The van der Waals surface area contributed by atoms with Crippen LogP contribution in [0.1, 0.15) is 32.9 Å². The van der Waals surface area contributed by atoms with Crippen LogP contribution >= 0.6 is 0 Å². The minimum Gasteiger partial charge on any atom is -0.319 e. The fourth-order valence-corrected chi connectivity index (χ4v) is 2.93. The summed E-state index contributed by atoms with van der Waals surface area (Å²) in [6.07, 6.45) is 0. The summed E-state index contributed by atoms with van der Waals surface area (Å²) in [5.74, 6) is -0.757. The van der Waals surface area contributed by atoms with E-state index in [1.54, 1.807) is 42.8 Å². The van der Waals surface area contributed by atoms with Gasteiger partial charge < -0.3 is 5.32 Å². The van der Waals surface area contributed by atoms with Crippen LogP contribution in [-0.2, 0) is 6.54 Å². The van der Waals surface area contributed by atoms with Gasteiger partial charge in [0.25, 0.3) is 11.6 Å². The highest BCUT2D eigenvalue weighted by Gasteiger charge is 2.18. The molecule has 28 heavy (non-hydrogen) atoms. The van der Waals surface area contributed by atoms with E-state index in [0.717, 1.165) is 11.3 Å². The van der Waals surface area contributed by atoms with E-state index < -0.39 is 10.8 Å². The fourth-order valence-electron chi connectivity index (χ4n) is 2.93. The van der Waals surface area contributed by atoms with Crippen molar-refractivity contribution < 1.29 is 14.1 Å². The number of nitro benzene ring substituents is 1. The molecule has 0 saturated heterocycles. The van der Waals surface area contributed by atoms with Crippen molar-refractivity contribution in [1.82, 2.24) is 9.78 Å². The quantitative estimate of drug-likeness (QED) is 0.530. The number of nitrogens with one attached hydrogen (secondary N) is 1. The van der Waals surface area contributed by atoms with E-state index in [-0.39, 0.29) is 17.1 Å². The van der Waals surface area contributed by atoms with Gasteiger partial charge in [0.15, 0.2) is 0 Å².